The Balaban J connectivity index is 1.59. The van der Waals surface area contributed by atoms with Gasteiger partial charge >= 0.3 is 0 Å². The Morgan fingerprint density at radius 1 is 0.577 bits per heavy atom. The largest absolute Gasteiger partial charge is 0.399 e. The predicted octanol–water partition coefficient (Wildman–Crippen LogP) is 6.41. The van der Waals surface area contributed by atoms with E-state index in [1.165, 1.54) is 81.0 Å². The maximum atomic E-state index is 5.83. The second-order valence-corrected chi connectivity index (χ2v) is 8.16. The molecular weight excluding hydrogens is 316 g/mol. The zero-order valence-corrected chi connectivity index (χ0v) is 15.9. The molecule has 2 heteroatoms. The van der Waals surface area contributed by atoms with Crippen molar-refractivity contribution in [3.63, 3.8) is 0 Å². The van der Waals surface area contributed by atoms with Crippen LogP contribution in [0, 0.1) is 0 Å². The molecule has 0 aromatic heterocycles. The number of nitrogens with zero attached hydrogens (tertiary/aromatic N) is 1. The third kappa shape index (κ3) is 3.90. The minimum Gasteiger partial charge on any atom is -0.399 e. The van der Waals surface area contributed by atoms with Crippen molar-refractivity contribution < 1.29 is 0 Å². The molecule has 0 radical (unpaired) electrons. The van der Waals surface area contributed by atoms with Crippen LogP contribution in [0.4, 0.5) is 11.4 Å². The monoisotopic (exact) mass is 348 g/mol. The third-order valence-corrected chi connectivity index (χ3v) is 6.35. The number of benzene rings is 2. The minimum atomic E-state index is 0.745. The second-order valence-electron chi connectivity index (χ2n) is 8.16. The van der Waals surface area contributed by atoms with Crippen molar-refractivity contribution in [1.29, 1.82) is 0 Å². The van der Waals surface area contributed by atoms with Crippen LogP contribution in [0.15, 0.2) is 48.5 Å². The van der Waals surface area contributed by atoms with Gasteiger partial charge in [0.15, 0.2) is 0 Å². The minimum absolute atomic E-state index is 0.745. The molecule has 26 heavy (non-hydrogen) atoms. The molecule has 0 bridgehead atoms. The second kappa shape index (κ2) is 8.16. The molecule has 138 valence electrons. The lowest BCUT2D eigenvalue weighted by molar-refractivity contribution is 0.340. The quantitative estimate of drug-likeness (QED) is 0.647. The molecule has 2 N–H and O–H groups in total. The van der Waals surface area contributed by atoms with Crippen LogP contribution < -0.4 is 10.6 Å². The maximum Gasteiger partial charge on any atom is 0.0371 e. The van der Waals surface area contributed by atoms with Gasteiger partial charge in [-0.25, -0.2) is 0 Å². The first-order valence-electron chi connectivity index (χ1n) is 10.6. The van der Waals surface area contributed by atoms with Crippen LogP contribution in [0.1, 0.15) is 64.2 Å². The first kappa shape index (κ1) is 17.5. The Bertz CT molecular complexity index is 659. The predicted molar refractivity (Wildman–Crippen MR) is 113 cm³/mol. The summed E-state index contributed by atoms with van der Waals surface area (Å²) in [5, 5.41) is 0. The number of anilines is 2. The molecular formula is C24H32N2. The van der Waals surface area contributed by atoms with Gasteiger partial charge in [0.2, 0.25) is 0 Å². The highest BCUT2D eigenvalue weighted by Gasteiger charge is 2.28. The van der Waals surface area contributed by atoms with Crippen LogP contribution in [0.25, 0.3) is 11.1 Å². The summed E-state index contributed by atoms with van der Waals surface area (Å²) in [6.45, 7) is 0. The maximum absolute atomic E-state index is 5.83. The molecule has 4 rings (SSSR count). The van der Waals surface area contributed by atoms with Crippen molar-refractivity contribution >= 4 is 11.4 Å². The van der Waals surface area contributed by atoms with Gasteiger partial charge in [0.05, 0.1) is 0 Å². The highest BCUT2D eigenvalue weighted by Crippen LogP contribution is 2.35. The van der Waals surface area contributed by atoms with Crippen molar-refractivity contribution in [3.05, 3.63) is 48.5 Å². The van der Waals surface area contributed by atoms with Crippen molar-refractivity contribution in [2.45, 2.75) is 76.3 Å². The van der Waals surface area contributed by atoms with E-state index in [9.17, 15) is 0 Å². The van der Waals surface area contributed by atoms with Crippen LogP contribution in [0.5, 0.6) is 0 Å². The Morgan fingerprint density at radius 3 is 1.46 bits per heavy atom. The molecule has 0 unspecified atom stereocenters. The third-order valence-electron chi connectivity index (χ3n) is 6.35. The van der Waals surface area contributed by atoms with Crippen LogP contribution in [-0.2, 0) is 0 Å². The van der Waals surface area contributed by atoms with Gasteiger partial charge in [-0.05, 0) is 61.1 Å². The van der Waals surface area contributed by atoms with Gasteiger partial charge < -0.3 is 10.6 Å². The fourth-order valence-corrected chi connectivity index (χ4v) is 4.94. The summed E-state index contributed by atoms with van der Waals surface area (Å²) in [4.78, 5) is 2.81. The molecule has 2 saturated carbocycles. The fourth-order valence-electron chi connectivity index (χ4n) is 4.94. The van der Waals surface area contributed by atoms with Gasteiger partial charge in [0.1, 0.15) is 0 Å². The Hall–Kier alpha value is -1.96. The number of nitrogen functional groups attached to an aromatic ring is 1. The Kier molecular flexibility index (Phi) is 5.48. The van der Waals surface area contributed by atoms with Crippen molar-refractivity contribution in [2.75, 3.05) is 10.6 Å². The first-order chi connectivity index (χ1) is 12.8. The fraction of sp³-hybridized carbons (Fsp3) is 0.500. The average Bonchev–Trinajstić information content (AvgIpc) is 2.71. The topological polar surface area (TPSA) is 29.3 Å². The molecule has 0 saturated heterocycles. The van der Waals surface area contributed by atoms with E-state index in [-0.39, 0.29) is 0 Å². The zero-order chi connectivity index (χ0) is 17.8. The Labute approximate surface area is 158 Å². The zero-order valence-electron chi connectivity index (χ0n) is 15.9. The summed E-state index contributed by atoms with van der Waals surface area (Å²) in [6.07, 6.45) is 13.9. The Morgan fingerprint density at radius 2 is 1.00 bits per heavy atom. The first-order valence-corrected chi connectivity index (χ1v) is 10.6. The molecule has 0 amide bonds. The van der Waals surface area contributed by atoms with Crippen LogP contribution in [0.3, 0.4) is 0 Å². The summed E-state index contributed by atoms with van der Waals surface area (Å²) in [6, 6.07) is 19.0. The normalized spacial score (nSPS) is 19.4. The van der Waals surface area contributed by atoms with E-state index >= 15 is 0 Å². The highest BCUT2D eigenvalue weighted by molar-refractivity contribution is 5.68. The number of nitrogens with two attached hydrogens (primary N) is 1. The van der Waals surface area contributed by atoms with Crippen molar-refractivity contribution in [2.24, 2.45) is 0 Å². The molecule has 2 aliphatic carbocycles. The van der Waals surface area contributed by atoms with Gasteiger partial charge in [-0.15, -0.1) is 0 Å². The van der Waals surface area contributed by atoms with Crippen molar-refractivity contribution in [3.8, 4) is 11.1 Å². The molecule has 2 aromatic rings. The molecule has 0 atom stereocenters. The molecule has 2 fully saturated rings. The van der Waals surface area contributed by atoms with Gasteiger partial charge in [-0.2, -0.15) is 0 Å². The van der Waals surface area contributed by atoms with E-state index in [4.69, 9.17) is 5.73 Å². The summed E-state index contributed by atoms with van der Waals surface area (Å²) >= 11 is 0. The molecule has 2 aromatic carbocycles. The standard InChI is InChI=1S/C24H32N2/c25-21-15-11-19(12-16-21)20-13-17-24(18-14-20)26(22-7-3-1-4-8-22)23-9-5-2-6-10-23/h11-18,22-23H,1-10,25H2. The van der Waals surface area contributed by atoms with Crippen LogP contribution in [-0.4, -0.2) is 12.1 Å². The van der Waals surface area contributed by atoms with Crippen LogP contribution >= 0.6 is 0 Å². The summed E-state index contributed by atoms with van der Waals surface area (Å²) in [5.74, 6) is 0. The summed E-state index contributed by atoms with van der Waals surface area (Å²) in [5.41, 5.74) is 10.6. The lowest BCUT2D eigenvalue weighted by Gasteiger charge is -2.43. The lowest BCUT2D eigenvalue weighted by atomic mass is 9.88. The van der Waals surface area contributed by atoms with E-state index in [0.29, 0.717) is 0 Å². The summed E-state index contributed by atoms with van der Waals surface area (Å²) in [7, 11) is 0. The molecule has 2 nitrogen and oxygen atoms in total. The number of hydrogen-bond acceptors (Lipinski definition) is 2. The van der Waals surface area contributed by atoms with E-state index < -0.39 is 0 Å². The molecule has 2 aliphatic rings. The van der Waals surface area contributed by atoms with Gasteiger partial charge in [-0.3, -0.25) is 0 Å². The van der Waals surface area contributed by atoms with Gasteiger partial charge in [-0.1, -0.05) is 62.8 Å². The lowest BCUT2D eigenvalue weighted by Crippen LogP contribution is -2.45. The number of rotatable bonds is 4. The molecule has 0 spiro atoms. The highest BCUT2D eigenvalue weighted by atomic mass is 15.2. The van der Waals surface area contributed by atoms with E-state index in [2.05, 4.69) is 41.3 Å². The van der Waals surface area contributed by atoms with Crippen LogP contribution in [0.2, 0.25) is 0 Å². The smallest absolute Gasteiger partial charge is 0.0371 e. The SMILES string of the molecule is Nc1ccc(-c2ccc(N(C3CCCCC3)C3CCCCC3)cc2)cc1. The molecule has 0 heterocycles. The van der Waals surface area contributed by atoms with Gasteiger partial charge in [0, 0.05) is 23.5 Å². The number of hydrogen-bond donors (Lipinski definition) is 1. The summed E-state index contributed by atoms with van der Waals surface area (Å²) < 4.78 is 0. The van der Waals surface area contributed by atoms with Crippen molar-refractivity contribution in [1.82, 2.24) is 0 Å². The molecule has 0 aliphatic heterocycles. The average molecular weight is 349 g/mol. The van der Waals surface area contributed by atoms with Gasteiger partial charge in [0.25, 0.3) is 0 Å². The van der Waals surface area contributed by atoms with E-state index in [1.807, 2.05) is 12.1 Å². The van der Waals surface area contributed by atoms with E-state index in [0.717, 1.165) is 17.8 Å². The van der Waals surface area contributed by atoms with E-state index in [1.54, 1.807) is 0 Å².